The number of carbonyl (C=O) groups is 2. The van der Waals surface area contributed by atoms with Crippen LogP contribution in [0.3, 0.4) is 0 Å². The van der Waals surface area contributed by atoms with Crippen LogP contribution in [0.25, 0.3) is 0 Å². The first-order valence-electron chi connectivity index (χ1n) is 29.6. The Hall–Kier alpha value is -2.44. The van der Waals surface area contributed by atoms with E-state index in [0.29, 0.717) is 25.9 Å². The number of hydrogen-bond donors (Lipinski definition) is 3. The van der Waals surface area contributed by atoms with Gasteiger partial charge in [0.15, 0.2) is 0 Å². The molecule has 68 heavy (non-hydrogen) atoms. The standard InChI is InChI=1S/C62H113NO5/c1-3-5-7-9-11-13-15-17-19-21-23-25-27-30-34-38-42-46-50-54-60(65)59(58-64)63-61(66)55-51-47-43-39-35-31-29-33-37-41-45-49-53-57-68-62(67)56-52-48-44-40-36-32-28-26-24-22-20-18-16-14-12-10-8-6-4-2/h12,14,18,20,31,35,43,47,50,54,59-60,64-65H,3-11,13,15-17,19,21-30,32-34,36-42,44-46,48-49,51-53,55-58H2,1-2H3,(H,63,66)/b14-12-,20-18-,35-31-,47-43-,54-50+. The number of aliphatic hydroxyl groups is 2. The number of amides is 1. The van der Waals surface area contributed by atoms with Crippen LogP contribution in [-0.2, 0) is 14.3 Å². The van der Waals surface area contributed by atoms with Crippen molar-refractivity contribution in [1.29, 1.82) is 0 Å². The number of rotatable bonds is 54. The molecule has 0 rings (SSSR count). The van der Waals surface area contributed by atoms with E-state index in [4.69, 9.17) is 4.74 Å². The molecule has 1 amide bonds. The van der Waals surface area contributed by atoms with E-state index in [-0.39, 0.29) is 18.5 Å². The Morgan fingerprint density at radius 2 is 0.750 bits per heavy atom. The van der Waals surface area contributed by atoms with Gasteiger partial charge in [0.2, 0.25) is 5.91 Å². The van der Waals surface area contributed by atoms with Crippen molar-refractivity contribution in [3.63, 3.8) is 0 Å². The highest BCUT2D eigenvalue weighted by Gasteiger charge is 2.17. The van der Waals surface area contributed by atoms with Crippen LogP contribution in [-0.4, -0.2) is 47.4 Å². The van der Waals surface area contributed by atoms with E-state index < -0.39 is 12.1 Å². The van der Waals surface area contributed by atoms with Gasteiger partial charge in [-0.15, -0.1) is 0 Å². The van der Waals surface area contributed by atoms with Crippen molar-refractivity contribution in [3.8, 4) is 0 Å². The van der Waals surface area contributed by atoms with Crippen LogP contribution < -0.4 is 5.32 Å². The highest BCUT2D eigenvalue weighted by Crippen LogP contribution is 2.16. The van der Waals surface area contributed by atoms with E-state index in [9.17, 15) is 19.8 Å². The maximum absolute atomic E-state index is 12.4. The van der Waals surface area contributed by atoms with Gasteiger partial charge in [-0.25, -0.2) is 0 Å². The molecule has 0 heterocycles. The average molecular weight is 953 g/mol. The summed E-state index contributed by atoms with van der Waals surface area (Å²) in [5, 5.41) is 23.1. The van der Waals surface area contributed by atoms with Gasteiger partial charge in [0.1, 0.15) is 0 Å². The minimum absolute atomic E-state index is 0.0227. The zero-order valence-corrected chi connectivity index (χ0v) is 45.1. The van der Waals surface area contributed by atoms with Crippen molar-refractivity contribution in [2.75, 3.05) is 13.2 Å². The van der Waals surface area contributed by atoms with Crippen LogP contribution in [0.5, 0.6) is 0 Å². The van der Waals surface area contributed by atoms with Crippen molar-refractivity contribution in [2.24, 2.45) is 0 Å². The third-order valence-electron chi connectivity index (χ3n) is 13.3. The van der Waals surface area contributed by atoms with Crippen LogP contribution in [0, 0.1) is 0 Å². The van der Waals surface area contributed by atoms with Crippen molar-refractivity contribution in [3.05, 3.63) is 60.8 Å². The molecule has 0 saturated carbocycles. The zero-order valence-electron chi connectivity index (χ0n) is 45.1. The summed E-state index contributed by atoms with van der Waals surface area (Å²) in [5.74, 6) is -0.171. The number of hydrogen-bond acceptors (Lipinski definition) is 5. The lowest BCUT2D eigenvalue weighted by atomic mass is 10.0. The molecule has 0 aromatic carbocycles. The summed E-state index contributed by atoms with van der Waals surface area (Å²) >= 11 is 0. The highest BCUT2D eigenvalue weighted by atomic mass is 16.5. The number of esters is 1. The Labute approximate surface area is 422 Å². The number of nitrogens with one attached hydrogen (secondary N) is 1. The smallest absolute Gasteiger partial charge is 0.305 e. The van der Waals surface area contributed by atoms with Gasteiger partial charge in [-0.1, -0.05) is 261 Å². The van der Waals surface area contributed by atoms with E-state index in [1.807, 2.05) is 12.2 Å². The third kappa shape index (κ3) is 52.9. The van der Waals surface area contributed by atoms with E-state index in [1.54, 1.807) is 6.08 Å². The molecule has 0 fully saturated rings. The monoisotopic (exact) mass is 952 g/mol. The Bertz CT molecular complexity index is 1190. The molecule has 0 bridgehead atoms. The second-order valence-electron chi connectivity index (χ2n) is 20.0. The molecule has 0 aliphatic heterocycles. The van der Waals surface area contributed by atoms with Gasteiger partial charge < -0.3 is 20.3 Å². The largest absolute Gasteiger partial charge is 0.466 e. The fourth-order valence-corrected chi connectivity index (χ4v) is 8.71. The van der Waals surface area contributed by atoms with Crippen LogP contribution in [0.1, 0.15) is 296 Å². The van der Waals surface area contributed by atoms with Gasteiger partial charge >= 0.3 is 5.97 Å². The first-order chi connectivity index (χ1) is 33.5. The van der Waals surface area contributed by atoms with Crippen molar-refractivity contribution in [2.45, 2.75) is 309 Å². The van der Waals surface area contributed by atoms with Gasteiger partial charge in [-0.2, -0.15) is 0 Å². The second kappa shape index (κ2) is 57.1. The third-order valence-corrected chi connectivity index (χ3v) is 13.3. The summed E-state index contributed by atoms with van der Waals surface area (Å²) < 4.78 is 5.47. The first-order valence-corrected chi connectivity index (χ1v) is 29.6. The molecule has 6 nitrogen and oxygen atoms in total. The first kappa shape index (κ1) is 65.6. The van der Waals surface area contributed by atoms with Gasteiger partial charge in [-0.3, -0.25) is 9.59 Å². The summed E-state index contributed by atoms with van der Waals surface area (Å²) in [6.07, 6.45) is 74.0. The molecular formula is C62H113NO5. The summed E-state index contributed by atoms with van der Waals surface area (Å²) in [5.41, 5.74) is 0. The molecule has 0 saturated heterocycles. The van der Waals surface area contributed by atoms with Gasteiger partial charge in [0, 0.05) is 12.8 Å². The van der Waals surface area contributed by atoms with Crippen LogP contribution in [0.4, 0.5) is 0 Å². The summed E-state index contributed by atoms with van der Waals surface area (Å²) in [4.78, 5) is 24.5. The maximum Gasteiger partial charge on any atom is 0.305 e. The van der Waals surface area contributed by atoms with Gasteiger partial charge in [-0.05, 0) is 83.5 Å². The molecule has 0 aliphatic rings. The normalized spacial score (nSPS) is 13.1. The minimum atomic E-state index is -0.881. The molecule has 2 unspecified atom stereocenters. The molecule has 0 aromatic rings. The molecule has 6 heteroatoms. The van der Waals surface area contributed by atoms with E-state index in [1.165, 1.54) is 205 Å². The van der Waals surface area contributed by atoms with Crippen LogP contribution in [0.15, 0.2) is 60.8 Å². The Balaban J connectivity index is 3.57. The van der Waals surface area contributed by atoms with Gasteiger partial charge in [0.25, 0.3) is 0 Å². The number of aliphatic hydroxyl groups excluding tert-OH is 2. The molecule has 0 aromatic heterocycles. The molecular weight excluding hydrogens is 839 g/mol. The lowest BCUT2D eigenvalue weighted by Gasteiger charge is -2.19. The van der Waals surface area contributed by atoms with Crippen molar-refractivity contribution >= 4 is 11.9 Å². The molecule has 0 aliphatic carbocycles. The number of ether oxygens (including phenoxy) is 1. The number of allylic oxidation sites excluding steroid dienone is 9. The fraction of sp³-hybridized carbons (Fsp3) is 0.806. The van der Waals surface area contributed by atoms with Crippen molar-refractivity contribution < 1.29 is 24.5 Å². The Kier molecular flexibility index (Phi) is 55.1. The lowest BCUT2D eigenvalue weighted by Crippen LogP contribution is -2.45. The number of carbonyl (C=O) groups excluding carboxylic acids is 2. The molecule has 2 atom stereocenters. The summed E-state index contributed by atoms with van der Waals surface area (Å²) in [6, 6.07) is -0.674. The van der Waals surface area contributed by atoms with E-state index in [2.05, 4.69) is 61.7 Å². The topological polar surface area (TPSA) is 95.9 Å². The van der Waals surface area contributed by atoms with Gasteiger partial charge in [0.05, 0.1) is 25.4 Å². The maximum atomic E-state index is 12.4. The fourth-order valence-electron chi connectivity index (χ4n) is 8.71. The molecule has 396 valence electrons. The van der Waals surface area contributed by atoms with E-state index >= 15 is 0 Å². The predicted molar refractivity (Wildman–Crippen MR) is 296 cm³/mol. The summed E-state index contributed by atoms with van der Waals surface area (Å²) in [7, 11) is 0. The molecule has 3 N–H and O–H groups in total. The van der Waals surface area contributed by atoms with Crippen LogP contribution in [0.2, 0.25) is 0 Å². The molecule has 0 radical (unpaired) electrons. The highest BCUT2D eigenvalue weighted by molar-refractivity contribution is 5.76. The quantitative estimate of drug-likeness (QED) is 0.0321. The lowest BCUT2D eigenvalue weighted by molar-refractivity contribution is -0.143. The number of unbranched alkanes of at least 4 members (excludes halogenated alkanes) is 35. The zero-order chi connectivity index (χ0) is 49.3. The SMILES string of the molecule is CCCCC/C=C\C/C=C\CCCCCCCCCCCC(=O)OCCCCCCCC/C=C\C/C=C\CCC(=O)NC(CO)C(O)/C=C/CCCCCCCCCCCCCCCCCCC. The average Bonchev–Trinajstić information content (AvgIpc) is 3.34. The molecule has 0 spiro atoms. The summed E-state index contributed by atoms with van der Waals surface area (Å²) in [6.45, 7) is 4.82. The minimum Gasteiger partial charge on any atom is -0.466 e. The van der Waals surface area contributed by atoms with Crippen molar-refractivity contribution in [1.82, 2.24) is 5.32 Å². The predicted octanol–water partition coefficient (Wildman–Crippen LogP) is 18.4. The van der Waals surface area contributed by atoms with E-state index in [0.717, 1.165) is 57.8 Å². The second-order valence-corrected chi connectivity index (χ2v) is 20.0. The Morgan fingerprint density at radius 3 is 1.18 bits per heavy atom. The van der Waals surface area contributed by atoms with Crippen LogP contribution >= 0.6 is 0 Å². The Morgan fingerprint density at radius 1 is 0.412 bits per heavy atom.